The molecule has 2 heterocycles. The second-order valence-corrected chi connectivity index (χ2v) is 7.55. The van der Waals surface area contributed by atoms with Crippen molar-refractivity contribution in [3.8, 4) is 0 Å². The van der Waals surface area contributed by atoms with Crippen LogP contribution >= 0.6 is 11.3 Å². The Kier molecular flexibility index (Phi) is 5.09. The molecule has 2 aromatic rings. The van der Waals surface area contributed by atoms with Crippen LogP contribution in [-0.4, -0.2) is 29.6 Å². The number of hydrogen-bond acceptors (Lipinski definition) is 6. The fourth-order valence-electron chi connectivity index (χ4n) is 1.76. The maximum absolute atomic E-state index is 12.4. The normalized spacial score (nSPS) is 13.7. The molecule has 116 valence electrons. The molecule has 21 heavy (non-hydrogen) atoms. The average Bonchev–Trinajstić information content (AvgIpc) is 3.07. The first-order chi connectivity index (χ1) is 9.90. The highest BCUT2D eigenvalue weighted by molar-refractivity contribution is 7.89. The van der Waals surface area contributed by atoms with Gasteiger partial charge in [0.25, 0.3) is 10.0 Å². The van der Waals surface area contributed by atoms with E-state index in [0.29, 0.717) is 12.1 Å². The van der Waals surface area contributed by atoms with Crippen molar-refractivity contribution < 1.29 is 8.42 Å². The van der Waals surface area contributed by atoms with E-state index in [1.165, 1.54) is 17.5 Å². The summed E-state index contributed by atoms with van der Waals surface area (Å²) in [5, 5.41) is 12.2. The zero-order valence-corrected chi connectivity index (χ0v) is 13.8. The van der Waals surface area contributed by atoms with E-state index in [4.69, 9.17) is 0 Å². The molecule has 0 aliphatic rings. The van der Waals surface area contributed by atoms with Gasteiger partial charge in [-0.3, -0.25) is 5.10 Å². The van der Waals surface area contributed by atoms with Crippen molar-refractivity contribution in [1.82, 2.24) is 25.2 Å². The fourth-order valence-corrected chi connectivity index (χ4v) is 3.82. The van der Waals surface area contributed by atoms with Crippen molar-refractivity contribution in [3.05, 3.63) is 28.3 Å². The van der Waals surface area contributed by atoms with E-state index in [1.807, 2.05) is 19.2 Å². The highest BCUT2D eigenvalue weighted by Gasteiger charge is 2.24. The van der Waals surface area contributed by atoms with Crippen molar-refractivity contribution >= 4 is 21.4 Å². The van der Waals surface area contributed by atoms with Crippen LogP contribution in [0.15, 0.2) is 22.8 Å². The molecule has 0 spiro atoms. The van der Waals surface area contributed by atoms with Crippen LogP contribution in [0.4, 0.5) is 0 Å². The molecule has 0 aliphatic carbocycles. The predicted molar refractivity (Wildman–Crippen MR) is 81.4 cm³/mol. The molecule has 1 unspecified atom stereocenters. The Morgan fingerprint density at radius 1 is 1.38 bits per heavy atom. The van der Waals surface area contributed by atoms with E-state index in [-0.39, 0.29) is 17.1 Å². The summed E-state index contributed by atoms with van der Waals surface area (Å²) in [5.41, 5.74) is 0.613. The second-order valence-electron chi connectivity index (χ2n) is 4.97. The number of sulfonamides is 1. The first-order valence-electron chi connectivity index (χ1n) is 6.57. The number of rotatable bonds is 7. The molecule has 1 atom stereocenters. The lowest BCUT2D eigenvalue weighted by atomic mass is 10.3. The van der Waals surface area contributed by atoms with Gasteiger partial charge in [0.1, 0.15) is 5.01 Å². The maximum atomic E-state index is 12.4. The largest absolute Gasteiger partial charge is 0.310 e. The first kappa shape index (κ1) is 16.1. The molecule has 0 aromatic carbocycles. The minimum Gasteiger partial charge on any atom is -0.310 e. The van der Waals surface area contributed by atoms with Crippen molar-refractivity contribution in [2.45, 2.75) is 44.4 Å². The number of nitrogens with zero attached hydrogens (tertiary/aromatic N) is 2. The summed E-state index contributed by atoms with van der Waals surface area (Å²) in [6.45, 7) is 6.20. The lowest BCUT2D eigenvalue weighted by molar-refractivity contribution is 0.554. The van der Waals surface area contributed by atoms with Crippen molar-refractivity contribution in [2.24, 2.45) is 0 Å². The quantitative estimate of drug-likeness (QED) is 0.713. The van der Waals surface area contributed by atoms with Gasteiger partial charge >= 0.3 is 0 Å². The molecule has 0 saturated heterocycles. The van der Waals surface area contributed by atoms with Crippen LogP contribution in [-0.2, 0) is 16.6 Å². The van der Waals surface area contributed by atoms with E-state index in [0.717, 1.165) is 5.01 Å². The number of aromatic nitrogens is 3. The standard InChI is InChI=1S/C12H19N5O2S2/c1-8(2)14-6-10-7-15-16-12(10)21(18,19)17-9(3)11-13-4-5-20-11/h4-5,7-9,14,17H,6H2,1-3H3,(H,15,16). The van der Waals surface area contributed by atoms with Crippen LogP contribution < -0.4 is 10.0 Å². The fraction of sp³-hybridized carbons (Fsp3) is 0.500. The Balaban J connectivity index is 2.14. The predicted octanol–water partition coefficient (Wildman–Crippen LogP) is 1.40. The lowest BCUT2D eigenvalue weighted by Crippen LogP contribution is -2.29. The Hall–Kier alpha value is -1.29. The molecule has 7 nitrogen and oxygen atoms in total. The number of aromatic amines is 1. The second kappa shape index (κ2) is 6.65. The van der Waals surface area contributed by atoms with E-state index in [9.17, 15) is 8.42 Å². The van der Waals surface area contributed by atoms with Gasteiger partial charge in [0, 0.05) is 29.7 Å². The van der Waals surface area contributed by atoms with Gasteiger partial charge in [-0.25, -0.2) is 18.1 Å². The van der Waals surface area contributed by atoms with Gasteiger partial charge < -0.3 is 5.32 Å². The van der Waals surface area contributed by atoms with Crippen LogP contribution in [0.25, 0.3) is 0 Å². The molecule has 0 fully saturated rings. The molecular weight excluding hydrogens is 310 g/mol. The van der Waals surface area contributed by atoms with Gasteiger partial charge in [0.15, 0.2) is 5.03 Å². The van der Waals surface area contributed by atoms with E-state index in [1.54, 1.807) is 13.1 Å². The summed E-state index contributed by atoms with van der Waals surface area (Å²) in [5.74, 6) is 0. The summed E-state index contributed by atoms with van der Waals surface area (Å²) < 4.78 is 27.5. The molecule has 0 aliphatic heterocycles. The minimum atomic E-state index is -3.66. The van der Waals surface area contributed by atoms with Crippen molar-refractivity contribution in [2.75, 3.05) is 0 Å². The van der Waals surface area contributed by atoms with E-state index >= 15 is 0 Å². The van der Waals surface area contributed by atoms with Gasteiger partial charge in [-0.05, 0) is 6.92 Å². The summed E-state index contributed by atoms with van der Waals surface area (Å²) >= 11 is 1.41. The highest BCUT2D eigenvalue weighted by atomic mass is 32.2. The van der Waals surface area contributed by atoms with Crippen molar-refractivity contribution in [3.63, 3.8) is 0 Å². The first-order valence-corrected chi connectivity index (χ1v) is 8.94. The Morgan fingerprint density at radius 3 is 2.76 bits per heavy atom. The average molecular weight is 329 g/mol. The molecule has 2 aromatic heterocycles. The summed E-state index contributed by atoms with van der Waals surface area (Å²) in [6.07, 6.45) is 3.18. The number of H-pyrrole nitrogens is 1. The van der Waals surface area contributed by atoms with Gasteiger partial charge in [-0.15, -0.1) is 11.3 Å². The molecule has 0 bridgehead atoms. The van der Waals surface area contributed by atoms with Gasteiger partial charge in [-0.1, -0.05) is 13.8 Å². The number of hydrogen-bond donors (Lipinski definition) is 3. The van der Waals surface area contributed by atoms with Crippen molar-refractivity contribution in [1.29, 1.82) is 0 Å². The lowest BCUT2D eigenvalue weighted by Gasteiger charge is -2.12. The van der Waals surface area contributed by atoms with Gasteiger partial charge in [-0.2, -0.15) is 5.10 Å². The molecule has 9 heteroatoms. The molecule has 0 radical (unpaired) electrons. The third kappa shape index (κ3) is 4.10. The van der Waals surface area contributed by atoms with Gasteiger partial charge in [0.2, 0.25) is 0 Å². The highest BCUT2D eigenvalue weighted by Crippen LogP contribution is 2.19. The van der Waals surface area contributed by atoms with Crippen LogP contribution in [0.3, 0.4) is 0 Å². The summed E-state index contributed by atoms with van der Waals surface area (Å²) in [4.78, 5) is 4.12. The van der Waals surface area contributed by atoms with E-state index in [2.05, 4.69) is 25.2 Å². The Morgan fingerprint density at radius 2 is 2.14 bits per heavy atom. The molecule has 3 N–H and O–H groups in total. The smallest absolute Gasteiger partial charge is 0.258 e. The monoisotopic (exact) mass is 329 g/mol. The third-order valence-electron chi connectivity index (χ3n) is 2.80. The van der Waals surface area contributed by atoms with Crippen LogP contribution in [0.2, 0.25) is 0 Å². The van der Waals surface area contributed by atoms with E-state index < -0.39 is 10.0 Å². The molecule has 0 amide bonds. The third-order valence-corrected chi connectivity index (χ3v) is 5.31. The maximum Gasteiger partial charge on any atom is 0.258 e. The Labute approximate surface area is 128 Å². The Bertz CT molecular complexity index is 664. The molecule has 0 saturated carbocycles. The van der Waals surface area contributed by atoms with Crippen LogP contribution in [0, 0.1) is 0 Å². The zero-order chi connectivity index (χ0) is 15.5. The number of nitrogens with one attached hydrogen (secondary N) is 3. The minimum absolute atomic E-state index is 0.0963. The SMILES string of the molecule is CC(C)NCc1cn[nH]c1S(=O)(=O)NC(C)c1nccs1. The number of thiazole rings is 1. The van der Waals surface area contributed by atoms with Gasteiger partial charge in [0.05, 0.1) is 12.2 Å². The van der Waals surface area contributed by atoms with Crippen LogP contribution in [0.5, 0.6) is 0 Å². The zero-order valence-electron chi connectivity index (χ0n) is 12.1. The van der Waals surface area contributed by atoms with Crippen LogP contribution in [0.1, 0.15) is 37.4 Å². The summed E-state index contributed by atoms with van der Waals surface area (Å²) in [7, 11) is -3.66. The topological polar surface area (TPSA) is 99.8 Å². The summed E-state index contributed by atoms with van der Waals surface area (Å²) in [6, 6.07) is -0.123. The molecule has 2 rings (SSSR count). The molecular formula is C12H19N5O2S2.